The van der Waals surface area contributed by atoms with Gasteiger partial charge >= 0.3 is 5.63 Å². The zero-order valence-electron chi connectivity index (χ0n) is 12.8. The molecule has 2 aromatic rings. The van der Waals surface area contributed by atoms with E-state index in [9.17, 15) is 9.59 Å². The molecule has 1 aliphatic rings. The lowest BCUT2D eigenvalue weighted by molar-refractivity contribution is 0.0583. The van der Waals surface area contributed by atoms with E-state index in [1.807, 2.05) is 13.0 Å². The number of hydrogen-bond donors (Lipinski definition) is 0. The van der Waals surface area contributed by atoms with Crippen LogP contribution in [0.2, 0.25) is 0 Å². The Kier molecular flexibility index (Phi) is 4.36. The Hall–Kier alpha value is -2.70. The number of rotatable bonds is 3. The van der Waals surface area contributed by atoms with E-state index >= 15 is 0 Å². The summed E-state index contributed by atoms with van der Waals surface area (Å²) in [5.41, 5.74) is 0.758. The fraction of sp³-hybridized carbons (Fsp3) is 0.375. The van der Waals surface area contributed by atoms with Gasteiger partial charge in [0.2, 0.25) is 5.88 Å². The van der Waals surface area contributed by atoms with Crippen molar-refractivity contribution in [1.29, 1.82) is 0 Å². The average Bonchev–Trinajstić information content (AvgIpc) is 2.58. The molecule has 0 saturated carbocycles. The van der Waals surface area contributed by atoms with Gasteiger partial charge in [0, 0.05) is 38.1 Å². The molecule has 0 radical (unpaired) electrons. The topological polar surface area (TPSA) is 85.5 Å². The zero-order chi connectivity index (χ0) is 16.2. The highest BCUT2D eigenvalue weighted by atomic mass is 16.5. The van der Waals surface area contributed by atoms with Gasteiger partial charge < -0.3 is 14.1 Å². The largest absolute Gasteiger partial charge is 0.473 e. The number of aromatic nitrogens is 2. The van der Waals surface area contributed by atoms with E-state index in [0.717, 1.165) is 18.5 Å². The standard InChI is InChI=1S/C16H17N3O4/c1-11-2-4-14(18-17-11)23-13-6-8-19(9-7-13)16(21)12-3-5-15(20)22-10-12/h2-5,10,13H,6-9H2,1H3. The molecule has 0 unspecified atom stereocenters. The zero-order valence-corrected chi connectivity index (χ0v) is 12.8. The summed E-state index contributed by atoms with van der Waals surface area (Å²) in [5.74, 6) is 0.368. The van der Waals surface area contributed by atoms with Gasteiger partial charge in [0.05, 0.1) is 11.3 Å². The van der Waals surface area contributed by atoms with Crippen LogP contribution in [0.3, 0.4) is 0 Å². The van der Waals surface area contributed by atoms with Crippen molar-refractivity contribution in [2.75, 3.05) is 13.1 Å². The molecule has 7 heteroatoms. The molecule has 0 N–H and O–H groups in total. The van der Waals surface area contributed by atoms with E-state index in [1.54, 1.807) is 11.0 Å². The number of ether oxygens (including phenoxy) is 1. The number of likely N-dealkylation sites (tertiary alicyclic amines) is 1. The lowest BCUT2D eigenvalue weighted by Crippen LogP contribution is -2.41. The highest BCUT2D eigenvalue weighted by Crippen LogP contribution is 2.18. The Balaban J connectivity index is 1.55. The number of aryl methyl sites for hydroxylation is 1. The second-order valence-electron chi connectivity index (χ2n) is 5.47. The van der Waals surface area contributed by atoms with Gasteiger partial charge in [-0.2, -0.15) is 5.10 Å². The minimum atomic E-state index is -0.465. The molecule has 3 heterocycles. The van der Waals surface area contributed by atoms with E-state index in [-0.39, 0.29) is 12.0 Å². The van der Waals surface area contributed by atoms with Crippen molar-refractivity contribution in [3.8, 4) is 5.88 Å². The van der Waals surface area contributed by atoms with Crippen LogP contribution in [0.15, 0.2) is 39.7 Å². The maximum Gasteiger partial charge on any atom is 0.335 e. The molecule has 0 aromatic carbocycles. The van der Waals surface area contributed by atoms with Crippen molar-refractivity contribution in [2.45, 2.75) is 25.9 Å². The fourth-order valence-corrected chi connectivity index (χ4v) is 2.46. The van der Waals surface area contributed by atoms with Crippen LogP contribution in [0.4, 0.5) is 0 Å². The lowest BCUT2D eigenvalue weighted by Gasteiger charge is -2.31. The summed E-state index contributed by atoms with van der Waals surface area (Å²) in [6.07, 6.45) is 2.66. The minimum absolute atomic E-state index is 0.0183. The van der Waals surface area contributed by atoms with Crippen LogP contribution in [0, 0.1) is 6.92 Å². The van der Waals surface area contributed by atoms with Crippen LogP contribution in [0.1, 0.15) is 28.9 Å². The van der Waals surface area contributed by atoms with Crippen LogP contribution < -0.4 is 10.4 Å². The molecule has 1 aliphatic heterocycles. The van der Waals surface area contributed by atoms with Crippen LogP contribution in [-0.4, -0.2) is 40.2 Å². The predicted molar refractivity (Wildman–Crippen MR) is 81.3 cm³/mol. The van der Waals surface area contributed by atoms with Crippen LogP contribution in [-0.2, 0) is 0 Å². The molecule has 23 heavy (non-hydrogen) atoms. The Morgan fingerprint density at radius 3 is 2.61 bits per heavy atom. The summed E-state index contributed by atoms with van der Waals surface area (Å²) in [5, 5.41) is 7.95. The molecule has 3 rings (SSSR count). The highest BCUT2D eigenvalue weighted by Gasteiger charge is 2.25. The molecule has 0 aliphatic carbocycles. The minimum Gasteiger partial charge on any atom is -0.473 e. The fourth-order valence-electron chi connectivity index (χ4n) is 2.46. The van der Waals surface area contributed by atoms with Gasteiger partial charge in [0.15, 0.2) is 0 Å². The molecule has 1 amide bonds. The Morgan fingerprint density at radius 2 is 2.00 bits per heavy atom. The van der Waals surface area contributed by atoms with E-state index in [4.69, 9.17) is 9.15 Å². The molecule has 1 fully saturated rings. The molecule has 7 nitrogen and oxygen atoms in total. The van der Waals surface area contributed by atoms with Crippen molar-refractivity contribution in [2.24, 2.45) is 0 Å². The molecular weight excluding hydrogens is 298 g/mol. The maximum absolute atomic E-state index is 12.3. The second kappa shape index (κ2) is 6.60. The van der Waals surface area contributed by atoms with Gasteiger partial charge in [-0.05, 0) is 19.1 Å². The monoisotopic (exact) mass is 315 g/mol. The van der Waals surface area contributed by atoms with Crippen molar-refractivity contribution >= 4 is 5.91 Å². The quantitative estimate of drug-likeness (QED) is 0.851. The van der Waals surface area contributed by atoms with Crippen molar-refractivity contribution in [3.05, 3.63) is 52.2 Å². The highest BCUT2D eigenvalue weighted by molar-refractivity contribution is 5.93. The smallest absolute Gasteiger partial charge is 0.335 e. The maximum atomic E-state index is 12.3. The summed E-state index contributed by atoms with van der Waals surface area (Å²) < 4.78 is 10.5. The summed E-state index contributed by atoms with van der Waals surface area (Å²) in [7, 11) is 0. The van der Waals surface area contributed by atoms with E-state index < -0.39 is 5.63 Å². The van der Waals surface area contributed by atoms with Gasteiger partial charge in [0.25, 0.3) is 5.91 Å². The summed E-state index contributed by atoms with van der Waals surface area (Å²) >= 11 is 0. The van der Waals surface area contributed by atoms with Crippen molar-refractivity contribution in [1.82, 2.24) is 15.1 Å². The Labute approximate surface area is 132 Å². The van der Waals surface area contributed by atoms with Gasteiger partial charge in [-0.1, -0.05) is 0 Å². The predicted octanol–water partition coefficient (Wildman–Crippen LogP) is 1.42. The van der Waals surface area contributed by atoms with Crippen LogP contribution in [0.5, 0.6) is 5.88 Å². The first-order chi connectivity index (χ1) is 11.1. The first-order valence-electron chi connectivity index (χ1n) is 7.47. The summed E-state index contributed by atoms with van der Waals surface area (Å²) in [6.45, 7) is 3.04. The number of nitrogens with zero attached hydrogens (tertiary/aromatic N) is 3. The molecule has 120 valence electrons. The number of piperidine rings is 1. The van der Waals surface area contributed by atoms with E-state index in [2.05, 4.69) is 10.2 Å². The van der Waals surface area contributed by atoms with Crippen molar-refractivity contribution in [3.63, 3.8) is 0 Å². The number of carbonyl (C=O) groups excluding carboxylic acids is 1. The third-order valence-electron chi connectivity index (χ3n) is 3.74. The van der Waals surface area contributed by atoms with E-state index in [1.165, 1.54) is 18.4 Å². The lowest BCUT2D eigenvalue weighted by atomic mass is 10.1. The third kappa shape index (κ3) is 3.74. The molecule has 0 spiro atoms. The first kappa shape index (κ1) is 15.2. The molecular formula is C16H17N3O4. The van der Waals surface area contributed by atoms with Gasteiger partial charge in [-0.25, -0.2) is 4.79 Å². The third-order valence-corrected chi connectivity index (χ3v) is 3.74. The normalized spacial score (nSPS) is 15.4. The van der Waals surface area contributed by atoms with Gasteiger partial charge in [0.1, 0.15) is 12.4 Å². The number of hydrogen-bond acceptors (Lipinski definition) is 6. The number of amides is 1. The van der Waals surface area contributed by atoms with Crippen molar-refractivity contribution < 1.29 is 13.9 Å². The second-order valence-corrected chi connectivity index (χ2v) is 5.47. The molecule has 2 aromatic heterocycles. The summed E-state index contributed by atoms with van der Waals surface area (Å²) in [4.78, 5) is 25.0. The van der Waals surface area contributed by atoms with Gasteiger partial charge in [-0.15, -0.1) is 5.10 Å². The van der Waals surface area contributed by atoms with E-state index in [0.29, 0.717) is 24.5 Å². The first-order valence-corrected chi connectivity index (χ1v) is 7.47. The molecule has 1 saturated heterocycles. The number of carbonyl (C=O) groups is 1. The van der Waals surface area contributed by atoms with Crippen LogP contribution in [0.25, 0.3) is 0 Å². The average molecular weight is 315 g/mol. The molecule has 0 atom stereocenters. The van der Waals surface area contributed by atoms with Crippen LogP contribution >= 0.6 is 0 Å². The summed E-state index contributed by atoms with van der Waals surface area (Å²) in [6, 6.07) is 6.38. The molecule has 0 bridgehead atoms. The van der Waals surface area contributed by atoms with Gasteiger partial charge in [-0.3, -0.25) is 4.79 Å². The Morgan fingerprint density at radius 1 is 1.22 bits per heavy atom. The SMILES string of the molecule is Cc1ccc(OC2CCN(C(=O)c3ccc(=O)oc3)CC2)nn1. The Bertz CT molecular complexity index is 713.